The van der Waals surface area contributed by atoms with Crippen molar-refractivity contribution in [3.63, 3.8) is 0 Å². The fourth-order valence-corrected chi connectivity index (χ4v) is 3.51. The van der Waals surface area contributed by atoms with Gasteiger partial charge in [0.05, 0.1) is 16.8 Å². The molecule has 0 bridgehead atoms. The van der Waals surface area contributed by atoms with E-state index < -0.39 is 5.82 Å². The molecule has 0 spiro atoms. The summed E-state index contributed by atoms with van der Waals surface area (Å²) in [4.78, 5) is 14.5. The minimum Gasteiger partial charge on any atom is -0.347 e. The van der Waals surface area contributed by atoms with Crippen LogP contribution in [0.15, 0.2) is 48.5 Å². The van der Waals surface area contributed by atoms with Crippen LogP contribution in [0.25, 0.3) is 0 Å². The smallest absolute Gasteiger partial charge is 0.220 e. The van der Waals surface area contributed by atoms with Crippen LogP contribution in [0.4, 0.5) is 10.1 Å². The number of carbonyl (C=O) groups is 1. The Labute approximate surface area is 164 Å². The molecule has 6 heteroatoms. The highest BCUT2D eigenvalue weighted by molar-refractivity contribution is 7.80. The van der Waals surface area contributed by atoms with Gasteiger partial charge in [-0.1, -0.05) is 68.0 Å². The first-order chi connectivity index (χ1) is 12.3. The Morgan fingerprint density at radius 1 is 1.23 bits per heavy atom. The second-order valence-electron chi connectivity index (χ2n) is 6.43. The summed E-state index contributed by atoms with van der Waals surface area (Å²) in [7, 11) is 0. The molecule has 26 heavy (non-hydrogen) atoms. The molecule has 2 aromatic rings. The SMILES string of the molecule is CC(=O)N(Cc1ccccc1)C(C(=S)Nc1ccc(F)cc1Cl)C(C)C. The molecule has 1 amide bonds. The van der Waals surface area contributed by atoms with Crippen molar-refractivity contribution >= 4 is 40.4 Å². The number of halogens is 2. The van der Waals surface area contributed by atoms with Crippen LogP contribution in [0.5, 0.6) is 0 Å². The zero-order chi connectivity index (χ0) is 19.3. The van der Waals surface area contributed by atoms with Crippen LogP contribution >= 0.6 is 23.8 Å². The lowest BCUT2D eigenvalue weighted by atomic mass is 10.0. The zero-order valence-electron chi connectivity index (χ0n) is 15.0. The molecular formula is C20H22ClFN2OS. The molecule has 2 rings (SSSR count). The van der Waals surface area contributed by atoms with Crippen LogP contribution in [-0.4, -0.2) is 21.8 Å². The van der Waals surface area contributed by atoms with E-state index in [9.17, 15) is 9.18 Å². The molecular weight excluding hydrogens is 371 g/mol. The molecule has 0 aromatic heterocycles. The van der Waals surface area contributed by atoms with Crippen molar-refractivity contribution in [1.29, 1.82) is 0 Å². The van der Waals surface area contributed by atoms with Crippen LogP contribution in [0, 0.1) is 11.7 Å². The van der Waals surface area contributed by atoms with Crippen molar-refractivity contribution in [2.24, 2.45) is 5.92 Å². The van der Waals surface area contributed by atoms with Crippen molar-refractivity contribution in [2.45, 2.75) is 33.4 Å². The van der Waals surface area contributed by atoms with E-state index in [-0.39, 0.29) is 22.9 Å². The standard InChI is InChI=1S/C20H22ClFN2OS/c1-13(2)19(20(26)23-18-10-9-16(22)11-17(18)21)24(14(3)25)12-15-7-5-4-6-8-15/h4-11,13,19H,12H2,1-3H3,(H,23,26). The number of rotatable bonds is 6. The lowest BCUT2D eigenvalue weighted by molar-refractivity contribution is -0.131. The van der Waals surface area contributed by atoms with E-state index in [0.717, 1.165) is 5.56 Å². The Bertz CT molecular complexity index is 783. The maximum absolute atomic E-state index is 13.3. The normalized spacial score (nSPS) is 11.9. The molecule has 0 aliphatic rings. The lowest BCUT2D eigenvalue weighted by Gasteiger charge is -2.34. The summed E-state index contributed by atoms with van der Waals surface area (Å²) in [6.07, 6.45) is 0. The van der Waals surface area contributed by atoms with Crippen molar-refractivity contribution in [1.82, 2.24) is 4.90 Å². The molecule has 0 saturated carbocycles. The predicted octanol–water partition coefficient (Wildman–Crippen LogP) is 5.29. The van der Waals surface area contributed by atoms with Gasteiger partial charge in [-0.15, -0.1) is 0 Å². The van der Waals surface area contributed by atoms with Gasteiger partial charge >= 0.3 is 0 Å². The molecule has 1 unspecified atom stereocenters. The number of carbonyl (C=O) groups excluding carboxylic acids is 1. The van der Waals surface area contributed by atoms with E-state index >= 15 is 0 Å². The Morgan fingerprint density at radius 3 is 2.42 bits per heavy atom. The van der Waals surface area contributed by atoms with E-state index in [2.05, 4.69) is 5.32 Å². The van der Waals surface area contributed by atoms with Gasteiger partial charge in [-0.05, 0) is 29.7 Å². The molecule has 3 nitrogen and oxygen atoms in total. The van der Waals surface area contributed by atoms with Gasteiger partial charge in [0.2, 0.25) is 5.91 Å². The third-order valence-electron chi connectivity index (χ3n) is 4.03. The summed E-state index contributed by atoms with van der Waals surface area (Å²) in [5.41, 5.74) is 1.54. The van der Waals surface area contributed by atoms with Gasteiger partial charge in [0.1, 0.15) is 10.8 Å². The summed E-state index contributed by atoms with van der Waals surface area (Å²) in [5.74, 6) is -0.398. The Hall–Kier alpha value is -1.98. The molecule has 1 atom stereocenters. The second-order valence-corrected chi connectivity index (χ2v) is 7.28. The first-order valence-electron chi connectivity index (χ1n) is 8.36. The van der Waals surface area contributed by atoms with E-state index in [1.807, 2.05) is 44.2 Å². The summed E-state index contributed by atoms with van der Waals surface area (Å²) in [5, 5.41) is 3.32. The highest BCUT2D eigenvalue weighted by Crippen LogP contribution is 2.25. The van der Waals surface area contributed by atoms with E-state index in [0.29, 0.717) is 17.2 Å². The third kappa shape index (κ3) is 5.26. The Kier molecular flexibility index (Phi) is 7.12. The van der Waals surface area contributed by atoms with Crippen molar-refractivity contribution < 1.29 is 9.18 Å². The molecule has 0 saturated heterocycles. The summed E-state index contributed by atoms with van der Waals surface area (Å²) in [6, 6.07) is 13.5. The molecule has 0 aliphatic heterocycles. The maximum Gasteiger partial charge on any atom is 0.220 e. The minimum absolute atomic E-state index is 0.0677. The summed E-state index contributed by atoms with van der Waals surface area (Å²) < 4.78 is 13.3. The molecule has 1 N–H and O–H groups in total. The number of anilines is 1. The van der Waals surface area contributed by atoms with Gasteiger partial charge in [-0.2, -0.15) is 0 Å². The third-order valence-corrected chi connectivity index (χ3v) is 4.68. The fraction of sp³-hybridized carbons (Fsp3) is 0.300. The molecule has 0 heterocycles. The van der Waals surface area contributed by atoms with Crippen molar-refractivity contribution in [2.75, 3.05) is 5.32 Å². The molecule has 0 radical (unpaired) electrons. The first-order valence-corrected chi connectivity index (χ1v) is 9.15. The number of hydrogen-bond acceptors (Lipinski definition) is 2. The average molecular weight is 393 g/mol. The van der Waals surface area contributed by atoms with Gasteiger partial charge in [-0.3, -0.25) is 4.79 Å². The monoisotopic (exact) mass is 392 g/mol. The number of amides is 1. The van der Waals surface area contributed by atoms with Crippen LogP contribution in [0.2, 0.25) is 5.02 Å². The molecule has 138 valence electrons. The van der Waals surface area contributed by atoms with Crippen LogP contribution < -0.4 is 5.32 Å². The van der Waals surface area contributed by atoms with Gasteiger partial charge in [0.15, 0.2) is 0 Å². The second kappa shape index (κ2) is 9.10. The van der Waals surface area contributed by atoms with Gasteiger partial charge in [-0.25, -0.2) is 4.39 Å². The first kappa shape index (κ1) is 20.3. The van der Waals surface area contributed by atoms with Crippen molar-refractivity contribution in [3.05, 3.63) is 64.9 Å². The highest BCUT2D eigenvalue weighted by atomic mass is 35.5. The fourth-order valence-electron chi connectivity index (χ4n) is 2.79. The number of thiocarbonyl (C=S) groups is 1. The van der Waals surface area contributed by atoms with Crippen molar-refractivity contribution in [3.8, 4) is 0 Å². The number of benzene rings is 2. The quantitative estimate of drug-likeness (QED) is 0.678. The van der Waals surface area contributed by atoms with Crippen LogP contribution in [-0.2, 0) is 11.3 Å². The highest BCUT2D eigenvalue weighted by Gasteiger charge is 2.28. The van der Waals surface area contributed by atoms with Gasteiger partial charge in [0.25, 0.3) is 0 Å². The molecule has 0 fully saturated rings. The maximum atomic E-state index is 13.3. The Morgan fingerprint density at radius 2 is 1.88 bits per heavy atom. The van der Waals surface area contributed by atoms with E-state index in [1.165, 1.54) is 25.1 Å². The Balaban J connectivity index is 2.26. The average Bonchev–Trinajstić information content (AvgIpc) is 2.57. The molecule has 2 aromatic carbocycles. The minimum atomic E-state index is -0.415. The van der Waals surface area contributed by atoms with Gasteiger partial charge < -0.3 is 10.2 Å². The van der Waals surface area contributed by atoms with E-state index in [4.69, 9.17) is 23.8 Å². The summed E-state index contributed by atoms with van der Waals surface area (Å²) >= 11 is 11.7. The number of hydrogen-bond donors (Lipinski definition) is 1. The summed E-state index contributed by atoms with van der Waals surface area (Å²) in [6.45, 7) is 6.00. The molecule has 0 aliphatic carbocycles. The van der Waals surface area contributed by atoms with Crippen LogP contribution in [0.1, 0.15) is 26.3 Å². The predicted molar refractivity (Wildman–Crippen MR) is 109 cm³/mol. The van der Waals surface area contributed by atoms with Crippen LogP contribution in [0.3, 0.4) is 0 Å². The van der Waals surface area contributed by atoms with Gasteiger partial charge in [0, 0.05) is 13.5 Å². The topological polar surface area (TPSA) is 32.3 Å². The lowest BCUT2D eigenvalue weighted by Crippen LogP contribution is -2.48. The number of nitrogens with one attached hydrogen (secondary N) is 1. The largest absolute Gasteiger partial charge is 0.347 e. The number of nitrogens with zero attached hydrogens (tertiary/aromatic N) is 1. The zero-order valence-corrected chi connectivity index (χ0v) is 16.6. The van der Waals surface area contributed by atoms with E-state index in [1.54, 1.807) is 4.90 Å².